The van der Waals surface area contributed by atoms with Gasteiger partial charge in [0.1, 0.15) is 0 Å². The number of hydrogen-bond acceptors (Lipinski definition) is 2. The lowest BCUT2D eigenvalue weighted by Crippen LogP contribution is -1.88. The normalized spacial score (nSPS) is 19.3. The van der Waals surface area contributed by atoms with Gasteiger partial charge in [-0.2, -0.15) is 9.38 Å². The average Bonchev–Trinajstić information content (AvgIpc) is 1.99. The van der Waals surface area contributed by atoms with Crippen LogP contribution in [-0.4, -0.2) is 13.0 Å². The van der Waals surface area contributed by atoms with Crippen LogP contribution < -0.4 is 0 Å². The SMILES string of the molecule is CC1=C(F)N=COCC1. The van der Waals surface area contributed by atoms with Gasteiger partial charge >= 0.3 is 0 Å². The molecule has 0 aromatic heterocycles. The van der Waals surface area contributed by atoms with Crippen molar-refractivity contribution < 1.29 is 9.13 Å². The minimum atomic E-state index is -0.410. The maximum Gasteiger partial charge on any atom is 0.214 e. The molecule has 0 N–H and O–H groups in total. The predicted molar refractivity (Wildman–Crippen MR) is 32.9 cm³/mol. The van der Waals surface area contributed by atoms with Crippen LogP contribution in [0.25, 0.3) is 0 Å². The van der Waals surface area contributed by atoms with Crippen LogP contribution in [0.5, 0.6) is 0 Å². The van der Waals surface area contributed by atoms with Crippen molar-refractivity contribution in [1.82, 2.24) is 0 Å². The summed E-state index contributed by atoms with van der Waals surface area (Å²) in [4.78, 5) is 3.37. The first kappa shape index (κ1) is 6.26. The van der Waals surface area contributed by atoms with Crippen LogP contribution in [0.3, 0.4) is 0 Å². The van der Waals surface area contributed by atoms with Gasteiger partial charge in [0.25, 0.3) is 0 Å². The molecule has 0 aromatic rings. The van der Waals surface area contributed by atoms with Crippen LogP contribution in [0.2, 0.25) is 0 Å². The van der Waals surface area contributed by atoms with Crippen LogP contribution in [0, 0.1) is 0 Å². The molecular formula is C6H8FNO. The first-order valence-electron chi connectivity index (χ1n) is 2.80. The number of rotatable bonds is 0. The number of aliphatic imine (C=N–C) groups is 1. The Morgan fingerprint density at radius 2 is 2.56 bits per heavy atom. The monoisotopic (exact) mass is 129 g/mol. The summed E-state index contributed by atoms with van der Waals surface area (Å²) in [6.07, 6.45) is 1.78. The zero-order chi connectivity index (χ0) is 6.69. The molecule has 3 heteroatoms. The van der Waals surface area contributed by atoms with E-state index >= 15 is 0 Å². The Labute approximate surface area is 53.0 Å². The van der Waals surface area contributed by atoms with E-state index in [1.54, 1.807) is 6.92 Å². The van der Waals surface area contributed by atoms with E-state index in [1.807, 2.05) is 0 Å². The molecule has 0 spiro atoms. The summed E-state index contributed by atoms with van der Waals surface area (Å²) in [6.45, 7) is 2.24. The van der Waals surface area contributed by atoms with Crippen molar-refractivity contribution in [3.63, 3.8) is 0 Å². The molecule has 0 aliphatic carbocycles. The summed E-state index contributed by atoms with van der Waals surface area (Å²) in [5.41, 5.74) is 0.656. The van der Waals surface area contributed by atoms with Crippen molar-refractivity contribution in [2.24, 2.45) is 4.99 Å². The van der Waals surface area contributed by atoms with Crippen LogP contribution >= 0.6 is 0 Å². The predicted octanol–water partition coefficient (Wildman–Crippen LogP) is 1.64. The van der Waals surface area contributed by atoms with Crippen molar-refractivity contribution >= 4 is 6.40 Å². The zero-order valence-electron chi connectivity index (χ0n) is 5.22. The number of hydrogen-bond donors (Lipinski definition) is 0. The van der Waals surface area contributed by atoms with Gasteiger partial charge in [-0.05, 0) is 12.5 Å². The maximum atomic E-state index is 12.4. The Hall–Kier alpha value is -0.860. The molecule has 0 bridgehead atoms. The van der Waals surface area contributed by atoms with Crippen LogP contribution in [-0.2, 0) is 4.74 Å². The van der Waals surface area contributed by atoms with Crippen LogP contribution in [0.1, 0.15) is 13.3 Å². The highest BCUT2D eigenvalue weighted by Crippen LogP contribution is 2.12. The third-order valence-electron chi connectivity index (χ3n) is 1.19. The molecule has 0 atom stereocenters. The van der Waals surface area contributed by atoms with Gasteiger partial charge in [0, 0.05) is 6.42 Å². The summed E-state index contributed by atoms with van der Waals surface area (Å²) >= 11 is 0. The lowest BCUT2D eigenvalue weighted by Gasteiger charge is -1.93. The second-order valence-corrected chi connectivity index (χ2v) is 1.93. The summed E-state index contributed by atoms with van der Waals surface area (Å²) in [5, 5.41) is 0. The Morgan fingerprint density at radius 1 is 1.78 bits per heavy atom. The van der Waals surface area contributed by atoms with E-state index in [2.05, 4.69) is 4.99 Å². The standard InChI is InChI=1S/C6H8FNO/c1-5-2-3-9-4-8-6(5)7/h4H,2-3H2,1H3. The van der Waals surface area contributed by atoms with Crippen molar-refractivity contribution in [1.29, 1.82) is 0 Å². The minimum Gasteiger partial charge on any atom is -0.483 e. The van der Waals surface area contributed by atoms with Gasteiger partial charge in [0.15, 0.2) is 6.40 Å². The molecule has 1 aliphatic rings. The highest BCUT2D eigenvalue weighted by atomic mass is 19.1. The molecule has 9 heavy (non-hydrogen) atoms. The molecule has 0 saturated heterocycles. The Balaban J connectivity index is 2.72. The lowest BCUT2D eigenvalue weighted by atomic mass is 10.2. The summed E-state index contributed by atoms with van der Waals surface area (Å²) in [5.74, 6) is -0.410. The molecule has 0 saturated carbocycles. The Morgan fingerprint density at radius 3 is 3.33 bits per heavy atom. The lowest BCUT2D eigenvalue weighted by molar-refractivity contribution is 0.327. The van der Waals surface area contributed by atoms with Gasteiger partial charge in [-0.3, -0.25) is 0 Å². The second kappa shape index (κ2) is 2.62. The highest BCUT2D eigenvalue weighted by Gasteiger charge is 2.01. The third kappa shape index (κ3) is 1.52. The van der Waals surface area contributed by atoms with E-state index < -0.39 is 5.95 Å². The van der Waals surface area contributed by atoms with E-state index in [0.29, 0.717) is 18.6 Å². The van der Waals surface area contributed by atoms with Gasteiger partial charge in [0.05, 0.1) is 6.61 Å². The first-order valence-corrected chi connectivity index (χ1v) is 2.80. The van der Waals surface area contributed by atoms with E-state index in [-0.39, 0.29) is 0 Å². The number of halogens is 1. The smallest absolute Gasteiger partial charge is 0.214 e. The van der Waals surface area contributed by atoms with Gasteiger partial charge in [0.2, 0.25) is 5.95 Å². The van der Waals surface area contributed by atoms with E-state index in [0.717, 1.165) is 6.40 Å². The molecule has 50 valence electrons. The average molecular weight is 129 g/mol. The molecular weight excluding hydrogens is 121 g/mol. The molecule has 0 radical (unpaired) electrons. The summed E-state index contributed by atoms with van der Waals surface area (Å²) in [7, 11) is 0. The summed E-state index contributed by atoms with van der Waals surface area (Å²) < 4.78 is 17.2. The van der Waals surface area contributed by atoms with Gasteiger partial charge in [-0.1, -0.05) is 0 Å². The van der Waals surface area contributed by atoms with Gasteiger partial charge < -0.3 is 4.74 Å². The summed E-state index contributed by atoms with van der Waals surface area (Å²) in [6, 6.07) is 0. The molecule has 1 rings (SSSR count). The van der Waals surface area contributed by atoms with Crippen LogP contribution in [0.15, 0.2) is 16.5 Å². The third-order valence-corrected chi connectivity index (χ3v) is 1.19. The number of nitrogens with zero attached hydrogens (tertiary/aromatic N) is 1. The fourth-order valence-electron chi connectivity index (χ4n) is 0.562. The molecule has 0 amide bonds. The maximum absolute atomic E-state index is 12.4. The van der Waals surface area contributed by atoms with Crippen molar-refractivity contribution in [3.8, 4) is 0 Å². The first-order chi connectivity index (χ1) is 4.30. The molecule has 2 nitrogen and oxygen atoms in total. The van der Waals surface area contributed by atoms with Gasteiger partial charge in [-0.25, -0.2) is 0 Å². The Kier molecular flexibility index (Phi) is 1.82. The van der Waals surface area contributed by atoms with E-state index in [4.69, 9.17) is 4.74 Å². The molecule has 1 heterocycles. The Bertz CT molecular complexity index is 162. The van der Waals surface area contributed by atoms with E-state index in [9.17, 15) is 4.39 Å². The second-order valence-electron chi connectivity index (χ2n) is 1.93. The van der Waals surface area contributed by atoms with Crippen molar-refractivity contribution in [3.05, 3.63) is 11.5 Å². The molecule has 0 fully saturated rings. The molecule has 0 aromatic carbocycles. The van der Waals surface area contributed by atoms with Crippen molar-refractivity contribution in [2.75, 3.05) is 6.61 Å². The zero-order valence-corrected chi connectivity index (χ0v) is 5.22. The van der Waals surface area contributed by atoms with Crippen molar-refractivity contribution in [2.45, 2.75) is 13.3 Å². The topological polar surface area (TPSA) is 21.6 Å². The quantitative estimate of drug-likeness (QED) is 0.455. The largest absolute Gasteiger partial charge is 0.483 e. The molecule has 1 aliphatic heterocycles. The highest BCUT2D eigenvalue weighted by molar-refractivity contribution is 5.49. The van der Waals surface area contributed by atoms with E-state index in [1.165, 1.54) is 0 Å². The minimum absolute atomic E-state index is 0.410. The fraction of sp³-hybridized carbons (Fsp3) is 0.500. The molecule has 0 unspecified atom stereocenters. The fourth-order valence-corrected chi connectivity index (χ4v) is 0.562. The van der Waals surface area contributed by atoms with Gasteiger partial charge in [-0.15, -0.1) is 0 Å². The van der Waals surface area contributed by atoms with Crippen LogP contribution in [0.4, 0.5) is 4.39 Å². The number of ether oxygens (including phenoxy) is 1.